The first-order valence-corrected chi connectivity index (χ1v) is 9.96. The summed E-state index contributed by atoms with van der Waals surface area (Å²) in [5, 5.41) is 4.35. The molecular formula is C24H28FN3O. The maximum absolute atomic E-state index is 14.7. The highest BCUT2D eigenvalue weighted by atomic mass is 19.1. The van der Waals surface area contributed by atoms with E-state index < -0.39 is 0 Å². The Kier molecular flexibility index (Phi) is 7.19. The van der Waals surface area contributed by atoms with Crippen molar-refractivity contribution in [1.82, 2.24) is 14.8 Å². The predicted molar refractivity (Wildman–Crippen MR) is 116 cm³/mol. The van der Waals surface area contributed by atoms with Gasteiger partial charge in [0.2, 0.25) is 0 Å². The highest BCUT2D eigenvalue weighted by Gasteiger charge is 2.17. The molecule has 0 saturated heterocycles. The summed E-state index contributed by atoms with van der Waals surface area (Å²) in [5.41, 5.74) is 4.43. The van der Waals surface area contributed by atoms with Gasteiger partial charge in [0.15, 0.2) is 0 Å². The van der Waals surface area contributed by atoms with Crippen LogP contribution in [0.1, 0.15) is 36.5 Å². The van der Waals surface area contributed by atoms with Crippen LogP contribution < -0.4 is 4.84 Å². The Labute approximate surface area is 172 Å². The maximum atomic E-state index is 14.7. The van der Waals surface area contributed by atoms with E-state index in [0.717, 1.165) is 41.7 Å². The maximum Gasteiger partial charge on any atom is 0.131 e. The molecule has 0 bridgehead atoms. The molecule has 0 atom stereocenters. The summed E-state index contributed by atoms with van der Waals surface area (Å²) >= 11 is 0. The van der Waals surface area contributed by atoms with Crippen molar-refractivity contribution < 1.29 is 9.23 Å². The van der Waals surface area contributed by atoms with Crippen LogP contribution in [0.4, 0.5) is 4.39 Å². The minimum Gasteiger partial charge on any atom is -0.397 e. The molecule has 2 aromatic carbocycles. The number of aromatic nitrogens is 2. The predicted octanol–water partition coefficient (Wildman–Crippen LogP) is 4.77. The van der Waals surface area contributed by atoms with E-state index in [-0.39, 0.29) is 5.82 Å². The van der Waals surface area contributed by atoms with Crippen molar-refractivity contribution in [3.05, 3.63) is 89.5 Å². The minimum absolute atomic E-state index is 0.232. The Morgan fingerprint density at radius 2 is 1.76 bits per heavy atom. The minimum atomic E-state index is -0.232. The van der Waals surface area contributed by atoms with Crippen LogP contribution in [0.25, 0.3) is 11.1 Å². The fourth-order valence-electron chi connectivity index (χ4n) is 3.36. The van der Waals surface area contributed by atoms with E-state index in [4.69, 9.17) is 4.84 Å². The van der Waals surface area contributed by atoms with Gasteiger partial charge >= 0.3 is 0 Å². The van der Waals surface area contributed by atoms with Gasteiger partial charge in [0.1, 0.15) is 12.4 Å². The van der Waals surface area contributed by atoms with Crippen molar-refractivity contribution in [2.24, 2.45) is 0 Å². The zero-order chi connectivity index (χ0) is 20.6. The number of benzene rings is 2. The average molecular weight is 394 g/mol. The fourth-order valence-corrected chi connectivity index (χ4v) is 3.36. The van der Waals surface area contributed by atoms with Crippen molar-refractivity contribution in [3.63, 3.8) is 0 Å². The molecule has 0 unspecified atom stereocenters. The van der Waals surface area contributed by atoms with Crippen molar-refractivity contribution >= 4 is 11.1 Å². The largest absolute Gasteiger partial charge is 0.397 e. The molecular weight excluding hydrogens is 365 g/mol. The van der Waals surface area contributed by atoms with Gasteiger partial charge in [-0.3, -0.25) is 0 Å². The summed E-state index contributed by atoms with van der Waals surface area (Å²) in [5.74, 6) is -0.232. The van der Waals surface area contributed by atoms with E-state index in [2.05, 4.69) is 16.9 Å². The van der Waals surface area contributed by atoms with Crippen LogP contribution in [0.15, 0.2) is 67.0 Å². The van der Waals surface area contributed by atoms with Gasteiger partial charge in [0.05, 0.1) is 12.4 Å². The topological polar surface area (TPSA) is 30.3 Å². The summed E-state index contributed by atoms with van der Waals surface area (Å²) in [6.07, 6.45) is 5.32. The molecule has 0 aliphatic heterocycles. The number of rotatable bonds is 9. The molecule has 5 heteroatoms. The molecule has 4 nitrogen and oxygen atoms in total. The second-order valence-corrected chi connectivity index (χ2v) is 7.17. The third kappa shape index (κ3) is 5.33. The molecule has 3 rings (SSSR count). The zero-order valence-electron chi connectivity index (χ0n) is 17.3. The molecule has 152 valence electrons. The van der Waals surface area contributed by atoms with Crippen LogP contribution in [-0.4, -0.2) is 42.1 Å². The van der Waals surface area contributed by atoms with Crippen molar-refractivity contribution in [3.8, 4) is 0 Å². The Hall–Kier alpha value is -2.92. The third-order valence-electron chi connectivity index (χ3n) is 4.74. The first-order valence-electron chi connectivity index (χ1n) is 9.96. The lowest BCUT2D eigenvalue weighted by Crippen LogP contribution is -2.19. The van der Waals surface area contributed by atoms with Gasteiger partial charge in [0.25, 0.3) is 0 Å². The van der Waals surface area contributed by atoms with Crippen molar-refractivity contribution in [2.45, 2.75) is 19.8 Å². The average Bonchev–Trinajstić information content (AvgIpc) is 3.19. The molecule has 0 spiro atoms. The molecule has 29 heavy (non-hydrogen) atoms. The molecule has 0 amide bonds. The smallest absolute Gasteiger partial charge is 0.131 e. The molecule has 0 saturated carbocycles. The number of allylic oxidation sites excluding steroid dienone is 1. The highest BCUT2D eigenvalue weighted by Crippen LogP contribution is 2.35. The third-order valence-corrected chi connectivity index (χ3v) is 4.74. The van der Waals surface area contributed by atoms with Gasteiger partial charge in [-0.05, 0) is 49.7 Å². The lowest BCUT2D eigenvalue weighted by atomic mass is 9.89. The van der Waals surface area contributed by atoms with Crippen molar-refractivity contribution in [2.75, 3.05) is 27.2 Å². The highest BCUT2D eigenvalue weighted by molar-refractivity contribution is 5.98. The molecule has 3 aromatic rings. The second kappa shape index (κ2) is 10.0. The number of hydrogen-bond acceptors (Lipinski definition) is 3. The first kappa shape index (κ1) is 20.8. The van der Waals surface area contributed by atoms with E-state index in [1.165, 1.54) is 10.9 Å². The Morgan fingerprint density at radius 1 is 1.03 bits per heavy atom. The molecule has 0 aliphatic rings. The number of hydrogen-bond donors (Lipinski definition) is 0. The summed E-state index contributed by atoms with van der Waals surface area (Å²) < 4.78 is 14.7. The van der Waals surface area contributed by atoms with Crippen LogP contribution in [0, 0.1) is 5.82 Å². The van der Waals surface area contributed by atoms with E-state index in [9.17, 15) is 4.39 Å². The van der Waals surface area contributed by atoms with Gasteiger partial charge in [0, 0.05) is 17.7 Å². The lowest BCUT2D eigenvalue weighted by Gasteiger charge is -2.15. The number of nitrogens with zero attached hydrogens (tertiary/aromatic N) is 3. The Balaban J connectivity index is 1.97. The van der Waals surface area contributed by atoms with Gasteiger partial charge in [-0.1, -0.05) is 55.5 Å². The van der Waals surface area contributed by atoms with Crippen LogP contribution in [0.2, 0.25) is 0 Å². The van der Waals surface area contributed by atoms with Crippen LogP contribution in [-0.2, 0) is 0 Å². The zero-order valence-corrected chi connectivity index (χ0v) is 17.3. The molecule has 0 N–H and O–H groups in total. The lowest BCUT2D eigenvalue weighted by molar-refractivity contribution is 0.0770. The van der Waals surface area contributed by atoms with E-state index in [0.29, 0.717) is 12.2 Å². The normalized spacial score (nSPS) is 12.2. The summed E-state index contributed by atoms with van der Waals surface area (Å²) in [7, 11) is 4.08. The van der Waals surface area contributed by atoms with Gasteiger partial charge in [-0.2, -0.15) is 0 Å². The molecule has 0 fully saturated rings. The summed E-state index contributed by atoms with van der Waals surface area (Å²) in [4.78, 5) is 9.35. The van der Waals surface area contributed by atoms with Crippen LogP contribution in [0.3, 0.4) is 0 Å². The monoisotopic (exact) mass is 393 g/mol. The molecule has 1 heterocycles. The first-order chi connectivity index (χ1) is 14.1. The van der Waals surface area contributed by atoms with Crippen molar-refractivity contribution in [1.29, 1.82) is 0 Å². The molecule has 0 aliphatic carbocycles. The summed E-state index contributed by atoms with van der Waals surface area (Å²) in [6, 6.07) is 16.9. The Morgan fingerprint density at radius 3 is 2.45 bits per heavy atom. The second-order valence-electron chi connectivity index (χ2n) is 7.17. The standard InChI is InChI=1S/C24H28FN3O/c1-4-21(20-17-26-28(18-20)29-16-10-15-27(2)3)24(19-11-6-5-7-12-19)22-13-8-9-14-23(22)25/h5-9,11-14,17-18H,4,10,15-16H2,1-3H3/b24-21-. The van der Waals surface area contributed by atoms with Gasteiger partial charge in [-0.25, -0.2) is 4.39 Å². The molecule has 0 radical (unpaired) electrons. The van der Waals surface area contributed by atoms with E-state index in [1.807, 2.05) is 62.8 Å². The van der Waals surface area contributed by atoms with E-state index >= 15 is 0 Å². The van der Waals surface area contributed by atoms with Gasteiger partial charge in [-0.15, -0.1) is 9.94 Å². The van der Waals surface area contributed by atoms with Crippen LogP contribution in [0.5, 0.6) is 0 Å². The van der Waals surface area contributed by atoms with E-state index in [1.54, 1.807) is 12.3 Å². The molecule has 1 aromatic heterocycles. The van der Waals surface area contributed by atoms with Crippen LogP contribution >= 0.6 is 0 Å². The quantitative estimate of drug-likeness (QED) is 0.491. The fraction of sp³-hybridized carbons (Fsp3) is 0.292. The van der Waals surface area contributed by atoms with Gasteiger partial charge < -0.3 is 9.74 Å². The summed E-state index contributed by atoms with van der Waals surface area (Å²) in [6.45, 7) is 3.62. The Bertz CT molecular complexity index is 948. The SMILES string of the molecule is CC/C(=C(\c1ccccc1)c1ccccc1F)c1cnn(OCCCN(C)C)c1. The number of halogens is 1.